The van der Waals surface area contributed by atoms with Crippen molar-refractivity contribution in [2.24, 2.45) is 0 Å². The fourth-order valence-electron chi connectivity index (χ4n) is 2.04. The number of methoxy groups -OCH3 is 1. The first-order valence-electron chi connectivity index (χ1n) is 6.08. The van der Waals surface area contributed by atoms with Crippen molar-refractivity contribution >= 4 is 27.9 Å². The van der Waals surface area contributed by atoms with Crippen LogP contribution in [0.1, 0.15) is 12.0 Å². The Bertz CT molecular complexity index is 501. The van der Waals surface area contributed by atoms with Crippen LogP contribution in [-0.4, -0.2) is 42.2 Å². The second-order valence-electron chi connectivity index (χ2n) is 4.45. The fourth-order valence-corrected chi connectivity index (χ4v) is 2.42. The topological polar surface area (TPSA) is 49.8 Å². The predicted molar refractivity (Wildman–Crippen MR) is 76.9 cm³/mol. The minimum atomic E-state index is -0.391. The molecule has 102 valence electrons. The van der Waals surface area contributed by atoms with E-state index in [1.807, 2.05) is 18.2 Å². The molecular weight excluding hydrogens is 310 g/mol. The number of carbonyl (C=O) groups excluding carboxylic acids is 1. The normalized spacial score (nSPS) is 19.1. The number of likely N-dealkylation sites (tertiary alicyclic amines) is 1. The molecule has 1 atom stereocenters. The number of rotatable bonds is 3. The van der Waals surface area contributed by atoms with Gasteiger partial charge in [-0.05, 0) is 30.7 Å². The molecule has 5 heteroatoms. The number of carbonyl (C=O) groups is 1. The van der Waals surface area contributed by atoms with Crippen molar-refractivity contribution in [3.8, 4) is 5.75 Å². The summed E-state index contributed by atoms with van der Waals surface area (Å²) in [6.07, 6.45) is 3.51. The van der Waals surface area contributed by atoms with Crippen LogP contribution in [0.3, 0.4) is 0 Å². The molecule has 1 aliphatic rings. The van der Waals surface area contributed by atoms with Crippen LogP contribution < -0.4 is 4.74 Å². The zero-order chi connectivity index (χ0) is 13.8. The number of hydrogen-bond donors (Lipinski definition) is 1. The van der Waals surface area contributed by atoms with E-state index in [0.717, 1.165) is 10.0 Å². The number of aliphatic hydroxyl groups excluding tert-OH is 1. The van der Waals surface area contributed by atoms with E-state index in [-0.39, 0.29) is 5.91 Å². The summed E-state index contributed by atoms with van der Waals surface area (Å²) in [5, 5.41) is 9.41. The molecular formula is C14H16BrNO3. The van der Waals surface area contributed by atoms with Crippen LogP contribution >= 0.6 is 15.9 Å². The Kier molecular flexibility index (Phi) is 4.61. The molecule has 0 bridgehead atoms. The number of hydrogen-bond acceptors (Lipinski definition) is 3. The smallest absolute Gasteiger partial charge is 0.246 e. The van der Waals surface area contributed by atoms with Gasteiger partial charge >= 0.3 is 0 Å². The summed E-state index contributed by atoms with van der Waals surface area (Å²) in [6.45, 7) is 1.03. The van der Waals surface area contributed by atoms with Crippen molar-refractivity contribution in [2.75, 3.05) is 20.2 Å². The number of nitrogens with zero attached hydrogens (tertiary/aromatic N) is 1. The van der Waals surface area contributed by atoms with E-state index in [4.69, 9.17) is 4.74 Å². The molecule has 1 amide bonds. The van der Waals surface area contributed by atoms with E-state index in [1.54, 1.807) is 18.1 Å². The van der Waals surface area contributed by atoms with Gasteiger partial charge in [0.15, 0.2) is 0 Å². The van der Waals surface area contributed by atoms with Gasteiger partial charge in [0, 0.05) is 29.2 Å². The Morgan fingerprint density at radius 1 is 1.58 bits per heavy atom. The maximum absolute atomic E-state index is 11.9. The molecule has 0 spiro atoms. The van der Waals surface area contributed by atoms with Crippen LogP contribution in [0.15, 0.2) is 28.7 Å². The summed E-state index contributed by atoms with van der Waals surface area (Å²) in [5.74, 6) is 0.632. The molecule has 0 unspecified atom stereocenters. The average molecular weight is 326 g/mol. The Balaban J connectivity index is 2.09. The van der Waals surface area contributed by atoms with Gasteiger partial charge in [0.2, 0.25) is 5.91 Å². The molecule has 1 N–H and O–H groups in total. The molecule has 0 aromatic heterocycles. The van der Waals surface area contributed by atoms with E-state index >= 15 is 0 Å². The molecule has 19 heavy (non-hydrogen) atoms. The zero-order valence-electron chi connectivity index (χ0n) is 10.7. The Hall–Kier alpha value is -1.33. The van der Waals surface area contributed by atoms with Gasteiger partial charge in [-0.1, -0.05) is 15.9 Å². The van der Waals surface area contributed by atoms with Gasteiger partial charge < -0.3 is 14.7 Å². The highest BCUT2D eigenvalue weighted by Gasteiger charge is 2.22. The minimum Gasteiger partial charge on any atom is -0.496 e. The summed E-state index contributed by atoms with van der Waals surface area (Å²) in [7, 11) is 1.60. The highest BCUT2D eigenvalue weighted by Crippen LogP contribution is 2.24. The average Bonchev–Trinajstić information content (AvgIpc) is 2.83. The maximum atomic E-state index is 11.9. The third-order valence-corrected chi connectivity index (χ3v) is 3.57. The molecule has 0 saturated carbocycles. The number of amides is 1. The van der Waals surface area contributed by atoms with Crippen molar-refractivity contribution in [1.82, 2.24) is 4.90 Å². The molecule has 4 nitrogen and oxygen atoms in total. The molecule has 0 aliphatic carbocycles. The fraction of sp³-hybridized carbons (Fsp3) is 0.357. The summed E-state index contributed by atoms with van der Waals surface area (Å²) in [6, 6.07) is 5.62. The predicted octanol–water partition coefficient (Wildman–Crippen LogP) is 2.06. The first kappa shape index (κ1) is 14.1. The van der Waals surface area contributed by atoms with Crippen LogP contribution in [0, 0.1) is 0 Å². The Morgan fingerprint density at radius 2 is 2.37 bits per heavy atom. The lowest BCUT2D eigenvalue weighted by atomic mass is 10.2. The van der Waals surface area contributed by atoms with Crippen LogP contribution in [0.2, 0.25) is 0 Å². The molecule has 1 aliphatic heterocycles. The lowest BCUT2D eigenvalue weighted by molar-refractivity contribution is -0.125. The van der Waals surface area contributed by atoms with Crippen LogP contribution in [0.25, 0.3) is 6.08 Å². The Morgan fingerprint density at radius 3 is 3.00 bits per heavy atom. The molecule has 1 aromatic rings. The van der Waals surface area contributed by atoms with E-state index in [2.05, 4.69) is 15.9 Å². The number of ether oxygens (including phenoxy) is 1. The first-order chi connectivity index (χ1) is 9.10. The monoisotopic (exact) mass is 325 g/mol. The first-order valence-corrected chi connectivity index (χ1v) is 6.88. The largest absolute Gasteiger partial charge is 0.496 e. The second-order valence-corrected chi connectivity index (χ2v) is 5.36. The summed E-state index contributed by atoms with van der Waals surface area (Å²) < 4.78 is 6.17. The Labute approximate surface area is 120 Å². The highest BCUT2D eigenvalue weighted by atomic mass is 79.9. The summed E-state index contributed by atoms with van der Waals surface area (Å²) >= 11 is 3.39. The number of halogens is 1. The number of aliphatic hydroxyl groups is 1. The third-order valence-electron chi connectivity index (χ3n) is 3.07. The van der Waals surface area contributed by atoms with Gasteiger partial charge in [-0.3, -0.25) is 4.79 Å². The number of benzene rings is 1. The van der Waals surface area contributed by atoms with Gasteiger partial charge in [0.25, 0.3) is 0 Å². The zero-order valence-corrected chi connectivity index (χ0v) is 12.3. The second kappa shape index (κ2) is 6.21. The van der Waals surface area contributed by atoms with Gasteiger partial charge in [-0.15, -0.1) is 0 Å². The van der Waals surface area contributed by atoms with E-state index < -0.39 is 6.10 Å². The third kappa shape index (κ3) is 3.58. The lowest BCUT2D eigenvalue weighted by Crippen LogP contribution is -2.27. The standard InChI is InChI=1S/C14H16BrNO3/c1-19-13-4-3-11(15)8-10(13)2-5-14(18)16-7-6-12(17)9-16/h2-5,8,12,17H,6-7,9H2,1H3/t12-/m1/s1. The lowest BCUT2D eigenvalue weighted by Gasteiger charge is -2.12. The quantitative estimate of drug-likeness (QED) is 0.865. The van der Waals surface area contributed by atoms with Crippen molar-refractivity contribution in [3.63, 3.8) is 0 Å². The van der Waals surface area contributed by atoms with E-state index in [0.29, 0.717) is 25.3 Å². The van der Waals surface area contributed by atoms with E-state index in [1.165, 1.54) is 6.08 Å². The summed E-state index contributed by atoms with van der Waals surface area (Å²) in [5.41, 5.74) is 0.838. The van der Waals surface area contributed by atoms with E-state index in [9.17, 15) is 9.90 Å². The molecule has 1 saturated heterocycles. The molecule has 2 rings (SSSR count). The van der Waals surface area contributed by atoms with Crippen molar-refractivity contribution in [3.05, 3.63) is 34.3 Å². The van der Waals surface area contributed by atoms with Crippen molar-refractivity contribution < 1.29 is 14.6 Å². The molecule has 1 fully saturated rings. The van der Waals surface area contributed by atoms with Crippen molar-refractivity contribution in [2.45, 2.75) is 12.5 Å². The van der Waals surface area contributed by atoms with Crippen LogP contribution in [0.4, 0.5) is 0 Å². The highest BCUT2D eigenvalue weighted by molar-refractivity contribution is 9.10. The van der Waals surface area contributed by atoms with Gasteiger partial charge in [0.1, 0.15) is 5.75 Å². The van der Waals surface area contributed by atoms with Gasteiger partial charge in [0.05, 0.1) is 13.2 Å². The number of β-amino-alcohol motifs (C(OH)–C–C–N with tert-alkyl or cyclic N) is 1. The molecule has 1 heterocycles. The van der Waals surface area contributed by atoms with Crippen LogP contribution in [-0.2, 0) is 4.79 Å². The SMILES string of the molecule is COc1ccc(Br)cc1C=CC(=O)N1CC[C@@H](O)C1. The maximum Gasteiger partial charge on any atom is 0.246 e. The van der Waals surface area contributed by atoms with Crippen molar-refractivity contribution in [1.29, 1.82) is 0 Å². The minimum absolute atomic E-state index is 0.0846. The molecule has 1 aromatic carbocycles. The van der Waals surface area contributed by atoms with Crippen LogP contribution in [0.5, 0.6) is 5.75 Å². The summed E-state index contributed by atoms with van der Waals surface area (Å²) in [4.78, 5) is 13.6. The molecule has 0 radical (unpaired) electrons. The van der Waals surface area contributed by atoms with Gasteiger partial charge in [-0.25, -0.2) is 0 Å². The van der Waals surface area contributed by atoms with Gasteiger partial charge in [-0.2, -0.15) is 0 Å².